The highest BCUT2D eigenvalue weighted by Gasteiger charge is 2.22. The van der Waals surface area contributed by atoms with Crippen LogP contribution in [0.1, 0.15) is 54.9 Å². The van der Waals surface area contributed by atoms with Gasteiger partial charge < -0.3 is 4.74 Å². The molecule has 0 radical (unpaired) electrons. The Bertz CT molecular complexity index is 1010. The van der Waals surface area contributed by atoms with Gasteiger partial charge in [-0.15, -0.1) is 10.2 Å². The molecule has 2 heterocycles. The Morgan fingerprint density at radius 3 is 2.28 bits per heavy atom. The van der Waals surface area contributed by atoms with E-state index in [-0.39, 0.29) is 0 Å². The van der Waals surface area contributed by atoms with E-state index in [9.17, 15) is 0 Å². The Balaban J connectivity index is 0.000000359. The van der Waals surface area contributed by atoms with E-state index < -0.39 is 0 Å². The Kier molecular flexibility index (Phi) is 5.95. The van der Waals surface area contributed by atoms with Crippen LogP contribution < -0.4 is 4.74 Å². The summed E-state index contributed by atoms with van der Waals surface area (Å²) in [6, 6.07) is 13.6. The van der Waals surface area contributed by atoms with Gasteiger partial charge in [0.25, 0.3) is 0 Å². The van der Waals surface area contributed by atoms with Crippen molar-refractivity contribution in [3.05, 3.63) is 70.3 Å². The molecule has 1 aliphatic carbocycles. The van der Waals surface area contributed by atoms with Gasteiger partial charge in [-0.25, -0.2) is 0 Å². The molecule has 29 heavy (non-hydrogen) atoms. The van der Waals surface area contributed by atoms with E-state index in [2.05, 4.69) is 10.2 Å². The minimum absolute atomic E-state index is 0.468. The second-order valence-electron chi connectivity index (χ2n) is 7.32. The van der Waals surface area contributed by atoms with Crippen molar-refractivity contribution in [1.29, 1.82) is 0 Å². The number of hydrogen-bond donors (Lipinski definition) is 0. The lowest BCUT2D eigenvalue weighted by Gasteiger charge is -2.14. The predicted molar refractivity (Wildman–Crippen MR) is 117 cm³/mol. The summed E-state index contributed by atoms with van der Waals surface area (Å²) in [7, 11) is 1.66. The third kappa shape index (κ3) is 4.20. The molecule has 0 amide bonds. The van der Waals surface area contributed by atoms with Crippen molar-refractivity contribution in [2.24, 2.45) is 4.99 Å². The smallest absolute Gasteiger partial charge is 0.159 e. The third-order valence-corrected chi connectivity index (χ3v) is 5.59. The number of methoxy groups -OCH3 is 1. The minimum atomic E-state index is 0.468. The lowest BCUT2D eigenvalue weighted by molar-refractivity contribution is 0.414. The monoisotopic (exact) mass is 408 g/mol. The number of benzene rings is 2. The van der Waals surface area contributed by atoms with Crippen LogP contribution in [0.2, 0.25) is 5.02 Å². The van der Waals surface area contributed by atoms with Crippen molar-refractivity contribution >= 4 is 17.3 Å². The van der Waals surface area contributed by atoms with Crippen LogP contribution in [0.4, 0.5) is 0 Å². The Morgan fingerprint density at radius 2 is 1.62 bits per heavy atom. The molecule has 5 nitrogen and oxygen atoms in total. The molecule has 0 unspecified atom stereocenters. The molecule has 0 bridgehead atoms. The Morgan fingerprint density at radius 1 is 0.931 bits per heavy atom. The van der Waals surface area contributed by atoms with Gasteiger partial charge in [0.1, 0.15) is 18.1 Å². The molecule has 6 heteroatoms. The number of fused-ring (bicyclic) bond motifs is 3. The first-order chi connectivity index (χ1) is 14.2. The van der Waals surface area contributed by atoms with Gasteiger partial charge in [0.15, 0.2) is 5.82 Å². The van der Waals surface area contributed by atoms with E-state index in [0.29, 0.717) is 11.6 Å². The minimum Gasteiger partial charge on any atom is -0.497 e. The maximum Gasteiger partial charge on any atom is 0.159 e. The molecule has 1 saturated carbocycles. The van der Waals surface area contributed by atoms with Crippen molar-refractivity contribution in [2.75, 3.05) is 7.11 Å². The third-order valence-electron chi connectivity index (χ3n) is 5.34. The fourth-order valence-corrected chi connectivity index (χ4v) is 3.95. The van der Waals surface area contributed by atoms with Crippen LogP contribution in [0, 0.1) is 6.92 Å². The molecule has 1 fully saturated rings. The van der Waals surface area contributed by atoms with Gasteiger partial charge in [0.2, 0.25) is 0 Å². The highest BCUT2D eigenvalue weighted by molar-refractivity contribution is 6.30. The van der Waals surface area contributed by atoms with Crippen LogP contribution in [-0.2, 0) is 6.54 Å². The molecule has 1 aromatic heterocycles. The lowest BCUT2D eigenvalue weighted by atomic mass is 10.00. The van der Waals surface area contributed by atoms with Crippen molar-refractivity contribution < 1.29 is 4.74 Å². The zero-order valence-corrected chi connectivity index (χ0v) is 17.6. The number of nitrogens with zero attached hydrogens (tertiary/aromatic N) is 4. The standard InChI is InChI=1S/C18H15ClN4O.C5H10/c1-11-21-22-17-10-20-18(12-3-5-13(19)6-4-12)15-9-14(24-2)7-8-16(15)23(11)17;1-2-4-5-3-1/h3-9H,10H2,1-2H3;1-5H2. The first kappa shape index (κ1) is 19.6. The van der Waals surface area contributed by atoms with E-state index in [1.165, 1.54) is 32.1 Å². The molecule has 1 aliphatic heterocycles. The van der Waals surface area contributed by atoms with Crippen molar-refractivity contribution in [3.8, 4) is 11.4 Å². The largest absolute Gasteiger partial charge is 0.497 e. The van der Waals surface area contributed by atoms with Gasteiger partial charge in [-0.05, 0) is 37.3 Å². The van der Waals surface area contributed by atoms with Gasteiger partial charge in [-0.3, -0.25) is 9.56 Å². The number of aliphatic imine (C=N–C) groups is 1. The number of ether oxygens (including phenoxy) is 1. The van der Waals surface area contributed by atoms with Crippen molar-refractivity contribution in [2.45, 2.75) is 45.6 Å². The lowest BCUT2D eigenvalue weighted by Crippen LogP contribution is -2.08. The molecule has 0 spiro atoms. The second kappa shape index (κ2) is 8.78. The maximum absolute atomic E-state index is 6.02. The highest BCUT2D eigenvalue weighted by Crippen LogP contribution is 2.29. The quantitative estimate of drug-likeness (QED) is 0.559. The molecule has 5 rings (SSSR count). The summed E-state index contributed by atoms with van der Waals surface area (Å²) in [5, 5.41) is 9.14. The van der Waals surface area contributed by atoms with E-state index in [1.54, 1.807) is 7.11 Å². The predicted octanol–water partition coefficient (Wildman–Crippen LogP) is 5.54. The molecule has 2 aromatic carbocycles. The summed E-state index contributed by atoms with van der Waals surface area (Å²) in [5.41, 5.74) is 3.88. The van der Waals surface area contributed by atoms with Gasteiger partial charge in [-0.1, -0.05) is 55.8 Å². The summed E-state index contributed by atoms with van der Waals surface area (Å²) >= 11 is 6.02. The zero-order chi connectivity index (χ0) is 20.2. The average molecular weight is 409 g/mol. The van der Waals surface area contributed by atoms with Gasteiger partial charge >= 0.3 is 0 Å². The molecular formula is C23H25ClN4O. The summed E-state index contributed by atoms with van der Waals surface area (Å²) in [6.07, 6.45) is 7.50. The average Bonchev–Trinajstić information content (AvgIpc) is 3.40. The molecular weight excluding hydrogens is 384 g/mol. The normalized spacial score (nSPS) is 14.8. The van der Waals surface area contributed by atoms with E-state index in [1.807, 2.05) is 54.0 Å². The van der Waals surface area contributed by atoms with E-state index in [0.717, 1.165) is 39.9 Å². The van der Waals surface area contributed by atoms with Crippen LogP contribution >= 0.6 is 11.6 Å². The summed E-state index contributed by atoms with van der Waals surface area (Å²) in [5.74, 6) is 2.44. The van der Waals surface area contributed by atoms with E-state index in [4.69, 9.17) is 21.3 Å². The Hall–Kier alpha value is -2.66. The zero-order valence-electron chi connectivity index (χ0n) is 16.9. The topological polar surface area (TPSA) is 52.3 Å². The molecule has 150 valence electrons. The summed E-state index contributed by atoms with van der Waals surface area (Å²) in [6.45, 7) is 2.41. The SMILES string of the molecule is C1CCCC1.COc1ccc2c(c1)C(c1ccc(Cl)cc1)=NCc1nnc(C)n1-2. The molecule has 0 saturated heterocycles. The van der Waals surface area contributed by atoms with Gasteiger partial charge in [-0.2, -0.15) is 0 Å². The van der Waals surface area contributed by atoms with Crippen LogP contribution in [-0.4, -0.2) is 27.6 Å². The molecule has 2 aliphatic rings. The molecule has 0 atom stereocenters. The number of hydrogen-bond acceptors (Lipinski definition) is 4. The fourth-order valence-electron chi connectivity index (χ4n) is 3.82. The number of aromatic nitrogens is 3. The number of aryl methyl sites for hydroxylation is 1. The number of halogens is 1. The first-order valence-electron chi connectivity index (χ1n) is 10.1. The highest BCUT2D eigenvalue weighted by atomic mass is 35.5. The maximum atomic E-state index is 6.02. The first-order valence-corrected chi connectivity index (χ1v) is 10.5. The van der Waals surface area contributed by atoms with E-state index >= 15 is 0 Å². The van der Waals surface area contributed by atoms with Crippen LogP contribution in [0.25, 0.3) is 5.69 Å². The van der Waals surface area contributed by atoms with Gasteiger partial charge in [0.05, 0.1) is 18.5 Å². The van der Waals surface area contributed by atoms with Crippen LogP contribution in [0.3, 0.4) is 0 Å². The molecule has 0 N–H and O–H groups in total. The fraction of sp³-hybridized carbons (Fsp3) is 0.348. The van der Waals surface area contributed by atoms with Crippen LogP contribution in [0.15, 0.2) is 47.5 Å². The summed E-state index contributed by atoms with van der Waals surface area (Å²) < 4.78 is 7.45. The summed E-state index contributed by atoms with van der Waals surface area (Å²) in [4.78, 5) is 4.79. The van der Waals surface area contributed by atoms with Gasteiger partial charge in [0, 0.05) is 16.1 Å². The Labute approximate surface area is 176 Å². The van der Waals surface area contributed by atoms with Crippen LogP contribution in [0.5, 0.6) is 5.75 Å². The second-order valence-corrected chi connectivity index (χ2v) is 7.76. The molecule has 3 aromatic rings. The van der Waals surface area contributed by atoms with Crippen molar-refractivity contribution in [1.82, 2.24) is 14.8 Å². The van der Waals surface area contributed by atoms with Crippen molar-refractivity contribution in [3.63, 3.8) is 0 Å². The number of rotatable bonds is 2.